The summed E-state index contributed by atoms with van der Waals surface area (Å²) < 4.78 is 0. The SMILES string of the molecule is Cc1ncc(CN)[nH]1.Cl. The number of hydrogen-bond acceptors (Lipinski definition) is 2. The smallest absolute Gasteiger partial charge is 0.103 e. The molecule has 4 heteroatoms. The van der Waals surface area contributed by atoms with Crippen molar-refractivity contribution in [2.75, 3.05) is 0 Å². The van der Waals surface area contributed by atoms with Gasteiger partial charge < -0.3 is 10.7 Å². The Bertz CT molecular complexity index is 172. The number of rotatable bonds is 1. The summed E-state index contributed by atoms with van der Waals surface area (Å²) in [6, 6.07) is 0. The van der Waals surface area contributed by atoms with E-state index in [1.54, 1.807) is 6.20 Å². The predicted molar refractivity (Wildman–Crippen MR) is 38.5 cm³/mol. The van der Waals surface area contributed by atoms with Gasteiger partial charge in [-0.3, -0.25) is 0 Å². The van der Waals surface area contributed by atoms with Gasteiger partial charge in [0.15, 0.2) is 0 Å². The molecule has 1 aromatic rings. The van der Waals surface area contributed by atoms with Crippen LogP contribution in [0.25, 0.3) is 0 Å². The highest BCUT2D eigenvalue weighted by atomic mass is 35.5. The molecule has 9 heavy (non-hydrogen) atoms. The van der Waals surface area contributed by atoms with Crippen LogP contribution in [0, 0.1) is 6.92 Å². The molecule has 0 amide bonds. The van der Waals surface area contributed by atoms with E-state index in [1.807, 2.05) is 6.92 Å². The number of nitrogens with two attached hydrogens (primary N) is 1. The molecule has 0 radical (unpaired) electrons. The van der Waals surface area contributed by atoms with E-state index < -0.39 is 0 Å². The van der Waals surface area contributed by atoms with E-state index >= 15 is 0 Å². The molecule has 0 saturated heterocycles. The van der Waals surface area contributed by atoms with Gasteiger partial charge in [-0.05, 0) is 6.92 Å². The molecular formula is C5H10ClN3. The first-order valence-corrected chi connectivity index (χ1v) is 2.53. The van der Waals surface area contributed by atoms with E-state index in [4.69, 9.17) is 5.73 Å². The highest BCUT2D eigenvalue weighted by molar-refractivity contribution is 5.85. The third-order valence-electron chi connectivity index (χ3n) is 0.975. The number of imidazole rings is 1. The number of aromatic amines is 1. The lowest BCUT2D eigenvalue weighted by molar-refractivity contribution is 0.997. The minimum atomic E-state index is 0. The minimum Gasteiger partial charge on any atom is -0.345 e. The maximum atomic E-state index is 5.29. The Morgan fingerprint density at radius 3 is 2.67 bits per heavy atom. The molecule has 0 unspecified atom stereocenters. The van der Waals surface area contributed by atoms with Gasteiger partial charge in [0.25, 0.3) is 0 Å². The molecule has 0 aromatic carbocycles. The molecule has 1 aromatic heterocycles. The summed E-state index contributed by atoms with van der Waals surface area (Å²) in [6.07, 6.45) is 1.75. The average Bonchev–Trinajstić information content (AvgIpc) is 2.14. The molecular weight excluding hydrogens is 138 g/mol. The number of nitrogens with zero attached hydrogens (tertiary/aromatic N) is 1. The summed E-state index contributed by atoms with van der Waals surface area (Å²) in [5.74, 6) is 0.922. The van der Waals surface area contributed by atoms with Crippen molar-refractivity contribution in [3.8, 4) is 0 Å². The van der Waals surface area contributed by atoms with Crippen molar-refractivity contribution in [2.45, 2.75) is 13.5 Å². The number of aromatic nitrogens is 2. The van der Waals surface area contributed by atoms with Crippen LogP contribution in [-0.4, -0.2) is 9.97 Å². The van der Waals surface area contributed by atoms with Crippen LogP contribution < -0.4 is 5.73 Å². The third kappa shape index (κ3) is 2.03. The molecule has 52 valence electrons. The van der Waals surface area contributed by atoms with E-state index in [-0.39, 0.29) is 12.4 Å². The summed E-state index contributed by atoms with van der Waals surface area (Å²) in [5, 5.41) is 0. The summed E-state index contributed by atoms with van der Waals surface area (Å²) in [4.78, 5) is 6.94. The summed E-state index contributed by atoms with van der Waals surface area (Å²) >= 11 is 0. The molecule has 0 saturated carbocycles. The fraction of sp³-hybridized carbons (Fsp3) is 0.400. The molecule has 0 fully saturated rings. The molecule has 0 bridgehead atoms. The van der Waals surface area contributed by atoms with Crippen molar-refractivity contribution in [2.24, 2.45) is 5.73 Å². The van der Waals surface area contributed by atoms with Gasteiger partial charge in [-0.1, -0.05) is 0 Å². The van der Waals surface area contributed by atoms with Crippen molar-refractivity contribution in [1.82, 2.24) is 9.97 Å². The second kappa shape index (κ2) is 3.48. The van der Waals surface area contributed by atoms with E-state index in [2.05, 4.69) is 9.97 Å². The lowest BCUT2D eigenvalue weighted by atomic mass is 10.5. The molecule has 3 nitrogen and oxygen atoms in total. The Hall–Kier alpha value is -0.540. The quantitative estimate of drug-likeness (QED) is 0.611. The first-order valence-electron chi connectivity index (χ1n) is 2.53. The van der Waals surface area contributed by atoms with Crippen molar-refractivity contribution >= 4 is 12.4 Å². The zero-order chi connectivity index (χ0) is 5.98. The fourth-order valence-corrected chi connectivity index (χ4v) is 0.575. The molecule has 0 spiro atoms. The topological polar surface area (TPSA) is 54.7 Å². The Morgan fingerprint density at radius 1 is 1.78 bits per heavy atom. The number of H-pyrrole nitrogens is 1. The molecule has 1 heterocycles. The summed E-state index contributed by atoms with van der Waals surface area (Å²) in [5.41, 5.74) is 6.28. The Kier molecular flexibility index (Phi) is 3.27. The van der Waals surface area contributed by atoms with Gasteiger partial charge in [0, 0.05) is 18.4 Å². The average molecular weight is 148 g/mol. The zero-order valence-electron chi connectivity index (χ0n) is 5.22. The lowest BCUT2D eigenvalue weighted by Gasteiger charge is -1.82. The maximum absolute atomic E-state index is 5.29. The molecule has 0 aliphatic heterocycles. The van der Waals surface area contributed by atoms with Crippen LogP contribution in [0.15, 0.2) is 6.20 Å². The van der Waals surface area contributed by atoms with E-state index in [0.717, 1.165) is 11.5 Å². The normalized spacial score (nSPS) is 8.67. The molecule has 0 aliphatic carbocycles. The van der Waals surface area contributed by atoms with Gasteiger partial charge in [0.2, 0.25) is 0 Å². The van der Waals surface area contributed by atoms with E-state index in [9.17, 15) is 0 Å². The minimum absolute atomic E-state index is 0. The molecule has 0 aliphatic rings. The van der Waals surface area contributed by atoms with Gasteiger partial charge in [0.05, 0.1) is 0 Å². The van der Waals surface area contributed by atoms with Gasteiger partial charge in [-0.15, -0.1) is 12.4 Å². The highest BCUT2D eigenvalue weighted by Crippen LogP contribution is 1.91. The first-order chi connectivity index (χ1) is 3.83. The number of halogens is 1. The standard InChI is InChI=1S/C5H9N3.ClH/c1-4-7-3-5(2-6)8-4;/h3H,2,6H2,1H3,(H,7,8);1H. The van der Waals surface area contributed by atoms with E-state index in [0.29, 0.717) is 6.54 Å². The lowest BCUT2D eigenvalue weighted by Crippen LogP contribution is -1.95. The van der Waals surface area contributed by atoms with Crippen LogP contribution in [0.2, 0.25) is 0 Å². The Morgan fingerprint density at radius 2 is 2.44 bits per heavy atom. The van der Waals surface area contributed by atoms with Gasteiger partial charge in [-0.25, -0.2) is 4.98 Å². The van der Waals surface area contributed by atoms with Crippen LogP contribution in [0.4, 0.5) is 0 Å². The largest absolute Gasteiger partial charge is 0.345 e. The highest BCUT2D eigenvalue weighted by Gasteiger charge is 1.89. The summed E-state index contributed by atoms with van der Waals surface area (Å²) in [7, 11) is 0. The van der Waals surface area contributed by atoms with Crippen LogP contribution >= 0.6 is 12.4 Å². The summed E-state index contributed by atoms with van der Waals surface area (Å²) in [6.45, 7) is 2.44. The zero-order valence-corrected chi connectivity index (χ0v) is 6.03. The molecule has 0 atom stereocenters. The van der Waals surface area contributed by atoms with Gasteiger partial charge in [-0.2, -0.15) is 0 Å². The monoisotopic (exact) mass is 147 g/mol. The van der Waals surface area contributed by atoms with Crippen molar-refractivity contribution in [1.29, 1.82) is 0 Å². The van der Waals surface area contributed by atoms with Gasteiger partial charge >= 0.3 is 0 Å². The second-order valence-electron chi connectivity index (χ2n) is 1.70. The van der Waals surface area contributed by atoms with Crippen LogP contribution in [0.1, 0.15) is 11.5 Å². The van der Waals surface area contributed by atoms with Crippen LogP contribution in [0.5, 0.6) is 0 Å². The third-order valence-corrected chi connectivity index (χ3v) is 0.975. The predicted octanol–water partition coefficient (Wildman–Crippen LogP) is 0.599. The van der Waals surface area contributed by atoms with Gasteiger partial charge in [0.1, 0.15) is 5.82 Å². The Balaban J connectivity index is 0.000000640. The van der Waals surface area contributed by atoms with Crippen LogP contribution in [-0.2, 0) is 6.54 Å². The molecule has 1 rings (SSSR count). The van der Waals surface area contributed by atoms with Crippen molar-refractivity contribution in [3.63, 3.8) is 0 Å². The van der Waals surface area contributed by atoms with Crippen molar-refractivity contribution < 1.29 is 0 Å². The van der Waals surface area contributed by atoms with E-state index in [1.165, 1.54) is 0 Å². The second-order valence-corrected chi connectivity index (χ2v) is 1.70. The number of hydrogen-bond donors (Lipinski definition) is 2. The number of nitrogens with one attached hydrogen (secondary N) is 1. The molecule has 3 N–H and O–H groups in total. The number of aryl methyl sites for hydroxylation is 1. The van der Waals surface area contributed by atoms with Crippen LogP contribution in [0.3, 0.4) is 0 Å². The fourth-order valence-electron chi connectivity index (χ4n) is 0.575. The first kappa shape index (κ1) is 8.46. The maximum Gasteiger partial charge on any atom is 0.103 e. The van der Waals surface area contributed by atoms with Crippen molar-refractivity contribution in [3.05, 3.63) is 17.7 Å². The Labute approximate surface area is 60.1 Å².